The third kappa shape index (κ3) is 5.85. The van der Waals surface area contributed by atoms with Crippen molar-refractivity contribution < 1.29 is 9.53 Å². The van der Waals surface area contributed by atoms with E-state index >= 15 is 0 Å². The predicted octanol–water partition coefficient (Wildman–Crippen LogP) is 4.60. The zero-order valence-electron chi connectivity index (χ0n) is 13.0. The number of hydrogen-bond donors (Lipinski definition) is 1. The number of rotatable bonds is 7. The van der Waals surface area contributed by atoms with Gasteiger partial charge in [-0.05, 0) is 69.0 Å². The Balaban J connectivity index is 3.08. The van der Waals surface area contributed by atoms with E-state index < -0.39 is 0 Å². The minimum atomic E-state index is -0.374. The van der Waals surface area contributed by atoms with Crippen molar-refractivity contribution >= 4 is 43.8 Å². The lowest BCUT2D eigenvalue weighted by Gasteiger charge is -2.11. The van der Waals surface area contributed by atoms with Gasteiger partial charge in [-0.2, -0.15) is 5.26 Å². The summed E-state index contributed by atoms with van der Waals surface area (Å²) in [5.41, 5.74) is 0.773. The molecule has 1 rings (SSSR count). The number of nitriles is 1. The normalized spacial score (nSPS) is 12.2. The monoisotopic (exact) mass is 440 g/mol. The van der Waals surface area contributed by atoms with E-state index in [1.807, 2.05) is 19.9 Å². The Labute approximate surface area is 153 Å². The number of carbonyl (C=O) groups excluding carboxylic acids is 1. The van der Waals surface area contributed by atoms with Crippen LogP contribution in [0.25, 0.3) is 6.08 Å². The van der Waals surface area contributed by atoms with Gasteiger partial charge < -0.3 is 10.1 Å². The first kappa shape index (κ1) is 19.5. The second-order valence-electron chi connectivity index (χ2n) is 4.87. The van der Waals surface area contributed by atoms with Gasteiger partial charge in [0.2, 0.25) is 0 Å². The number of ether oxygens (including phenoxy) is 1. The first-order valence-electron chi connectivity index (χ1n) is 7.08. The van der Waals surface area contributed by atoms with E-state index in [4.69, 9.17) is 4.74 Å². The highest BCUT2D eigenvalue weighted by Crippen LogP contribution is 2.35. The Morgan fingerprint density at radius 3 is 2.57 bits per heavy atom. The largest absolute Gasteiger partial charge is 0.487 e. The van der Waals surface area contributed by atoms with Gasteiger partial charge in [0.25, 0.3) is 5.91 Å². The summed E-state index contributed by atoms with van der Waals surface area (Å²) in [4.78, 5) is 12.1. The molecular formula is C17H18Br2N2O2. The van der Waals surface area contributed by atoms with Crippen molar-refractivity contribution in [1.29, 1.82) is 5.26 Å². The third-order valence-corrected chi connectivity index (χ3v) is 4.21. The SMILES string of the molecule is C=CCOc1c(Br)cc(/C=C(\C#N)C(=O)N[C@@H](C)CC)cc1Br. The van der Waals surface area contributed by atoms with Crippen LogP contribution in [0.3, 0.4) is 0 Å². The number of amides is 1. The van der Waals surface area contributed by atoms with Crippen LogP contribution in [0, 0.1) is 11.3 Å². The van der Waals surface area contributed by atoms with Crippen LogP contribution < -0.4 is 10.1 Å². The highest BCUT2D eigenvalue weighted by atomic mass is 79.9. The van der Waals surface area contributed by atoms with Crippen LogP contribution in [0.4, 0.5) is 0 Å². The molecule has 0 radical (unpaired) electrons. The molecule has 1 amide bonds. The Morgan fingerprint density at radius 1 is 1.48 bits per heavy atom. The van der Waals surface area contributed by atoms with Crippen molar-refractivity contribution in [3.63, 3.8) is 0 Å². The van der Waals surface area contributed by atoms with E-state index in [1.54, 1.807) is 24.3 Å². The molecule has 6 heteroatoms. The summed E-state index contributed by atoms with van der Waals surface area (Å²) in [6.45, 7) is 7.85. The number of benzene rings is 1. The van der Waals surface area contributed by atoms with E-state index in [1.165, 1.54) is 0 Å². The molecule has 0 heterocycles. The molecule has 0 saturated heterocycles. The molecule has 0 saturated carbocycles. The Kier molecular flexibility index (Phi) is 8.07. The van der Waals surface area contributed by atoms with Gasteiger partial charge >= 0.3 is 0 Å². The van der Waals surface area contributed by atoms with Gasteiger partial charge in [0.05, 0.1) is 8.95 Å². The van der Waals surface area contributed by atoms with Crippen molar-refractivity contribution in [2.45, 2.75) is 26.3 Å². The quantitative estimate of drug-likeness (QED) is 0.382. The van der Waals surface area contributed by atoms with Crippen LogP contribution >= 0.6 is 31.9 Å². The smallest absolute Gasteiger partial charge is 0.262 e. The topological polar surface area (TPSA) is 62.1 Å². The number of halogens is 2. The maximum atomic E-state index is 12.1. The Bertz CT molecular complexity index is 640. The molecule has 0 aliphatic carbocycles. The molecule has 4 nitrogen and oxygen atoms in total. The van der Waals surface area contributed by atoms with E-state index in [2.05, 4.69) is 43.8 Å². The second kappa shape index (κ2) is 9.53. The number of nitrogens with zero attached hydrogens (tertiary/aromatic N) is 1. The lowest BCUT2D eigenvalue weighted by Crippen LogP contribution is -2.32. The predicted molar refractivity (Wildman–Crippen MR) is 99.0 cm³/mol. The fourth-order valence-corrected chi connectivity index (χ4v) is 3.11. The highest BCUT2D eigenvalue weighted by Gasteiger charge is 2.13. The van der Waals surface area contributed by atoms with Gasteiger partial charge in [-0.3, -0.25) is 4.79 Å². The van der Waals surface area contributed by atoms with Crippen molar-refractivity contribution in [3.05, 3.63) is 44.9 Å². The molecule has 0 aliphatic heterocycles. The van der Waals surface area contributed by atoms with Crippen LogP contribution in [0.15, 0.2) is 39.3 Å². The van der Waals surface area contributed by atoms with Crippen molar-refractivity contribution in [2.24, 2.45) is 0 Å². The van der Waals surface area contributed by atoms with Crippen LogP contribution in [0.5, 0.6) is 5.75 Å². The fraction of sp³-hybridized carbons (Fsp3) is 0.294. The van der Waals surface area contributed by atoms with E-state index in [9.17, 15) is 10.1 Å². The van der Waals surface area contributed by atoms with E-state index in [0.717, 1.165) is 15.4 Å². The number of hydrogen-bond acceptors (Lipinski definition) is 3. The molecule has 0 unspecified atom stereocenters. The molecule has 0 bridgehead atoms. The van der Waals surface area contributed by atoms with Gasteiger partial charge in [-0.25, -0.2) is 0 Å². The summed E-state index contributed by atoms with van der Waals surface area (Å²) >= 11 is 6.85. The van der Waals surface area contributed by atoms with E-state index in [-0.39, 0.29) is 17.5 Å². The third-order valence-electron chi connectivity index (χ3n) is 3.03. The minimum absolute atomic E-state index is 0.0207. The minimum Gasteiger partial charge on any atom is -0.487 e. The highest BCUT2D eigenvalue weighted by molar-refractivity contribution is 9.11. The number of carbonyl (C=O) groups is 1. The van der Waals surface area contributed by atoms with Gasteiger partial charge in [-0.15, -0.1) is 0 Å². The number of nitrogens with one attached hydrogen (secondary N) is 1. The van der Waals surface area contributed by atoms with Crippen LogP contribution in [-0.4, -0.2) is 18.6 Å². The zero-order chi connectivity index (χ0) is 17.4. The Hall–Kier alpha value is -1.58. The first-order chi connectivity index (χ1) is 10.9. The summed E-state index contributed by atoms with van der Waals surface area (Å²) in [7, 11) is 0. The van der Waals surface area contributed by atoms with E-state index in [0.29, 0.717) is 17.9 Å². The van der Waals surface area contributed by atoms with Crippen molar-refractivity contribution in [3.8, 4) is 11.8 Å². The van der Waals surface area contributed by atoms with Crippen LogP contribution in [0.2, 0.25) is 0 Å². The molecule has 0 aliphatic rings. The lowest BCUT2D eigenvalue weighted by molar-refractivity contribution is -0.117. The average Bonchev–Trinajstić information content (AvgIpc) is 2.51. The van der Waals surface area contributed by atoms with Crippen molar-refractivity contribution in [1.82, 2.24) is 5.32 Å². The molecule has 1 N–H and O–H groups in total. The van der Waals surface area contributed by atoms with Gasteiger partial charge in [0, 0.05) is 6.04 Å². The summed E-state index contributed by atoms with van der Waals surface area (Å²) in [5, 5.41) is 12.0. The van der Waals surface area contributed by atoms with Crippen LogP contribution in [0.1, 0.15) is 25.8 Å². The molecule has 23 heavy (non-hydrogen) atoms. The fourth-order valence-electron chi connectivity index (χ4n) is 1.66. The maximum Gasteiger partial charge on any atom is 0.262 e. The lowest BCUT2D eigenvalue weighted by atomic mass is 10.1. The summed E-state index contributed by atoms with van der Waals surface area (Å²) < 4.78 is 6.98. The van der Waals surface area contributed by atoms with Crippen LogP contribution in [-0.2, 0) is 4.79 Å². The Morgan fingerprint density at radius 2 is 2.09 bits per heavy atom. The molecule has 1 aromatic rings. The second-order valence-corrected chi connectivity index (χ2v) is 6.57. The molecular weight excluding hydrogens is 424 g/mol. The standard InChI is InChI=1S/C17H18Br2N2O2/c1-4-6-23-16-14(18)8-12(9-15(16)19)7-13(10-20)17(22)21-11(3)5-2/h4,7-9,11H,1,5-6H2,2-3H3,(H,21,22)/b13-7+/t11-/m0/s1. The molecule has 122 valence electrons. The molecule has 1 aromatic carbocycles. The van der Waals surface area contributed by atoms with Gasteiger partial charge in [0.1, 0.15) is 24.0 Å². The molecule has 1 atom stereocenters. The van der Waals surface area contributed by atoms with Crippen molar-refractivity contribution in [2.75, 3.05) is 6.61 Å². The van der Waals surface area contributed by atoms with Gasteiger partial charge in [0.15, 0.2) is 0 Å². The maximum absolute atomic E-state index is 12.1. The average molecular weight is 442 g/mol. The first-order valence-corrected chi connectivity index (χ1v) is 8.66. The summed E-state index contributed by atoms with van der Waals surface area (Å²) in [6.07, 6.45) is 4.00. The molecule has 0 fully saturated rings. The summed E-state index contributed by atoms with van der Waals surface area (Å²) in [5.74, 6) is 0.269. The zero-order valence-corrected chi connectivity index (χ0v) is 16.2. The van der Waals surface area contributed by atoms with Gasteiger partial charge in [-0.1, -0.05) is 19.6 Å². The molecule has 0 aromatic heterocycles. The molecule has 0 spiro atoms. The summed E-state index contributed by atoms with van der Waals surface area (Å²) in [6, 6.07) is 5.54.